The summed E-state index contributed by atoms with van der Waals surface area (Å²) in [7, 11) is 0. The fourth-order valence-corrected chi connectivity index (χ4v) is 4.45. The van der Waals surface area contributed by atoms with E-state index in [-0.39, 0.29) is 17.9 Å². The van der Waals surface area contributed by atoms with Crippen molar-refractivity contribution in [3.63, 3.8) is 0 Å². The second-order valence-electron chi connectivity index (χ2n) is 7.61. The molecular formula is C22H24ClN3O2. The molecule has 0 bridgehead atoms. The van der Waals surface area contributed by atoms with Crippen LogP contribution in [0.1, 0.15) is 42.5 Å². The number of amides is 2. The van der Waals surface area contributed by atoms with Gasteiger partial charge in [-0.15, -0.1) is 0 Å². The number of benzene rings is 2. The third-order valence-corrected chi connectivity index (χ3v) is 6.02. The molecule has 3 N–H and O–H groups in total. The molecule has 1 saturated carbocycles. The summed E-state index contributed by atoms with van der Waals surface area (Å²) in [4.78, 5) is 25.3. The molecule has 0 spiro atoms. The molecule has 146 valence electrons. The highest BCUT2D eigenvalue weighted by atomic mass is 35.5. The summed E-state index contributed by atoms with van der Waals surface area (Å²) in [5, 5.41) is 9.58. The van der Waals surface area contributed by atoms with Crippen LogP contribution >= 0.6 is 11.6 Å². The molecule has 3 atom stereocenters. The lowest BCUT2D eigenvalue weighted by atomic mass is 9.85. The van der Waals surface area contributed by atoms with Crippen LogP contribution < -0.4 is 16.0 Å². The van der Waals surface area contributed by atoms with E-state index in [1.807, 2.05) is 30.3 Å². The highest BCUT2D eigenvalue weighted by Crippen LogP contribution is 2.33. The van der Waals surface area contributed by atoms with E-state index in [0.29, 0.717) is 33.9 Å². The lowest BCUT2D eigenvalue weighted by Crippen LogP contribution is -2.39. The number of nitrogens with one attached hydrogen (secondary N) is 3. The van der Waals surface area contributed by atoms with Crippen LogP contribution in [0.15, 0.2) is 48.5 Å². The van der Waals surface area contributed by atoms with Crippen molar-refractivity contribution in [2.24, 2.45) is 5.92 Å². The molecule has 1 aliphatic carbocycles. The number of halogens is 1. The Hall–Kier alpha value is -2.37. The lowest BCUT2D eigenvalue weighted by molar-refractivity contribution is -0.117. The molecule has 0 aromatic heterocycles. The maximum Gasteiger partial charge on any atom is 0.257 e. The van der Waals surface area contributed by atoms with Gasteiger partial charge in [-0.25, -0.2) is 0 Å². The Bertz CT molecular complexity index is 857. The highest BCUT2D eigenvalue weighted by molar-refractivity contribution is 6.34. The summed E-state index contributed by atoms with van der Waals surface area (Å²) in [6, 6.07) is 14.5. The number of fused-ring (bicyclic) bond motifs is 1. The first-order chi connectivity index (χ1) is 13.6. The molecule has 2 aromatic carbocycles. The van der Waals surface area contributed by atoms with Crippen LogP contribution in [0.4, 0.5) is 11.4 Å². The van der Waals surface area contributed by atoms with Gasteiger partial charge >= 0.3 is 0 Å². The summed E-state index contributed by atoms with van der Waals surface area (Å²) in [5.74, 6) is 0.241. The Kier molecular flexibility index (Phi) is 5.64. The van der Waals surface area contributed by atoms with Crippen LogP contribution in [-0.2, 0) is 4.79 Å². The van der Waals surface area contributed by atoms with Crippen molar-refractivity contribution in [2.45, 2.75) is 44.2 Å². The van der Waals surface area contributed by atoms with Gasteiger partial charge in [-0.3, -0.25) is 9.59 Å². The number of anilines is 2. The fourth-order valence-electron chi connectivity index (χ4n) is 4.25. The summed E-state index contributed by atoms with van der Waals surface area (Å²) < 4.78 is 0. The molecule has 28 heavy (non-hydrogen) atoms. The number of carbonyl (C=O) groups excluding carboxylic acids is 2. The Labute approximate surface area is 169 Å². The first kappa shape index (κ1) is 19.0. The minimum absolute atomic E-state index is 0.0499. The van der Waals surface area contributed by atoms with Gasteiger partial charge in [0.25, 0.3) is 5.91 Å². The maximum atomic E-state index is 12.7. The molecule has 0 radical (unpaired) electrons. The molecule has 1 aliphatic heterocycles. The number of hydrogen-bond donors (Lipinski definition) is 3. The SMILES string of the molecule is O=C(Nc1ccccc1)c1cc(NC(=O)C2CC3CCCCC3N2)ccc1Cl. The topological polar surface area (TPSA) is 70.2 Å². The van der Waals surface area contributed by atoms with Crippen molar-refractivity contribution in [2.75, 3.05) is 10.6 Å². The molecule has 5 nitrogen and oxygen atoms in total. The summed E-state index contributed by atoms with van der Waals surface area (Å²) >= 11 is 6.22. The zero-order valence-electron chi connectivity index (χ0n) is 15.6. The second-order valence-corrected chi connectivity index (χ2v) is 8.02. The van der Waals surface area contributed by atoms with Gasteiger partial charge in [0.1, 0.15) is 0 Å². The summed E-state index contributed by atoms with van der Waals surface area (Å²) in [5.41, 5.74) is 1.59. The van der Waals surface area contributed by atoms with E-state index < -0.39 is 0 Å². The Morgan fingerprint density at radius 1 is 0.964 bits per heavy atom. The van der Waals surface area contributed by atoms with Gasteiger partial charge in [0.15, 0.2) is 0 Å². The van der Waals surface area contributed by atoms with Gasteiger partial charge in [0.2, 0.25) is 5.91 Å². The largest absolute Gasteiger partial charge is 0.325 e. The standard InChI is InChI=1S/C22H24ClN3O2/c23-18-11-10-16(13-17(18)21(27)24-15-7-2-1-3-8-15)25-22(28)20-12-14-6-4-5-9-19(14)26-20/h1-3,7-8,10-11,13-14,19-20,26H,4-6,9,12H2,(H,24,27)(H,25,28). The smallest absolute Gasteiger partial charge is 0.257 e. The number of hydrogen-bond acceptors (Lipinski definition) is 3. The van der Waals surface area contributed by atoms with Crippen LogP contribution in [-0.4, -0.2) is 23.9 Å². The Balaban J connectivity index is 1.43. The van der Waals surface area contributed by atoms with Crippen LogP contribution in [0.3, 0.4) is 0 Å². The minimum Gasteiger partial charge on any atom is -0.325 e. The second kappa shape index (κ2) is 8.33. The van der Waals surface area contributed by atoms with Gasteiger partial charge < -0.3 is 16.0 Å². The van der Waals surface area contributed by atoms with Crippen LogP contribution in [0.2, 0.25) is 5.02 Å². The maximum absolute atomic E-state index is 12.7. The van der Waals surface area contributed by atoms with Gasteiger partial charge in [-0.2, -0.15) is 0 Å². The van der Waals surface area contributed by atoms with E-state index in [1.165, 1.54) is 19.3 Å². The predicted molar refractivity (Wildman–Crippen MR) is 112 cm³/mol. The van der Waals surface area contributed by atoms with Gasteiger partial charge in [-0.1, -0.05) is 42.6 Å². The van der Waals surface area contributed by atoms with Gasteiger partial charge in [-0.05, 0) is 55.5 Å². The van der Waals surface area contributed by atoms with E-state index in [2.05, 4.69) is 16.0 Å². The third kappa shape index (κ3) is 4.21. The number of para-hydroxylation sites is 1. The molecule has 2 aliphatic rings. The van der Waals surface area contributed by atoms with Gasteiger partial charge in [0, 0.05) is 17.4 Å². The van der Waals surface area contributed by atoms with Crippen molar-refractivity contribution in [3.8, 4) is 0 Å². The lowest BCUT2D eigenvalue weighted by Gasteiger charge is -2.24. The fraction of sp³-hybridized carbons (Fsp3) is 0.364. The van der Waals surface area contributed by atoms with Crippen LogP contribution in [0, 0.1) is 5.92 Å². The molecule has 1 saturated heterocycles. The van der Waals surface area contributed by atoms with E-state index in [0.717, 1.165) is 12.8 Å². The quantitative estimate of drug-likeness (QED) is 0.713. The average Bonchev–Trinajstić information content (AvgIpc) is 3.14. The summed E-state index contributed by atoms with van der Waals surface area (Å²) in [6.45, 7) is 0. The van der Waals surface area contributed by atoms with Crippen molar-refractivity contribution in [1.82, 2.24) is 5.32 Å². The molecule has 6 heteroatoms. The zero-order chi connectivity index (χ0) is 19.5. The molecule has 3 unspecified atom stereocenters. The van der Waals surface area contributed by atoms with E-state index in [4.69, 9.17) is 11.6 Å². The molecule has 1 heterocycles. The van der Waals surface area contributed by atoms with Crippen molar-refractivity contribution in [1.29, 1.82) is 0 Å². The van der Waals surface area contributed by atoms with E-state index >= 15 is 0 Å². The molecular weight excluding hydrogens is 374 g/mol. The average molecular weight is 398 g/mol. The normalized spacial score (nSPS) is 23.7. The zero-order valence-corrected chi connectivity index (χ0v) is 16.3. The molecule has 4 rings (SSSR count). The van der Waals surface area contributed by atoms with Crippen molar-refractivity contribution >= 4 is 34.8 Å². The predicted octanol–water partition coefficient (Wildman–Crippen LogP) is 4.45. The summed E-state index contributed by atoms with van der Waals surface area (Å²) in [6.07, 6.45) is 5.73. The van der Waals surface area contributed by atoms with Crippen LogP contribution in [0.5, 0.6) is 0 Å². The Morgan fingerprint density at radius 3 is 2.54 bits per heavy atom. The van der Waals surface area contributed by atoms with E-state index in [9.17, 15) is 9.59 Å². The number of carbonyl (C=O) groups is 2. The monoisotopic (exact) mass is 397 g/mol. The third-order valence-electron chi connectivity index (χ3n) is 5.69. The first-order valence-corrected chi connectivity index (χ1v) is 10.2. The van der Waals surface area contributed by atoms with Crippen LogP contribution in [0.25, 0.3) is 0 Å². The molecule has 2 aromatic rings. The van der Waals surface area contributed by atoms with E-state index in [1.54, 1.807) is 18.2 Å². The molecule has 2 fully saturated rings. The van der Waals surface area contributed by atoms with Gasteiger partial charge in [0.05, 0.1) is 16.6 Å². The highest BCUT2D eigenvalue weighted by Gasteiger charge is 2.38. The van der Waals surface area contributed by atoms with Crippen molar-refractivity contribution < 1.29 is 9.59 Å². The minimum atomic E-state index is -0.308. The molecule has 2 amide bonds. The number of rotatable bonds is 4. The first-order valence-electron chi connectivity index (χ1n) is 9.83. The van der Waals surface area contributed by atoms with Crippen molar-refractivity contribution in [3.05, 3.63) is 59.1 Å². The Morgan fingerprint density at radius 2 is 1.75 bits per heavy atom.